The summed E-state index contributed by atoms with van der Waals surface area (Å²) in [7, 11) is 2.02. The van der Waals surface area contributed by atoms with E-state index in [-0.39, 0.29) is 29.6 Å². The van der Waals surface area contributed by atoms with Crippen molar-refractivity contribution < 1.29 is 14.4 Å². The third-order valence-corrected chi connectivity index (χ3v) is 5.47. The van der Waals surface area contributed by atoms with E-state index in [1.54, 1.807) is 0 Å². The molecule has 0 N–H and O–H groups in total. The maximum Gasteiger partial charge on any atom is 0.231 e. The highest BCUT2D eigenvalue weighted by Gasteiger charge is 2.39. The number of likely N-dealkylation sites (N-methyl/N-ethyl adjacent to an activating group) is 1. The molecule has 2 aromatic rings. The Morgan fingerprint density at radius 1 is 1.22 bits per heavy atom. The minimum Gasteiger partial charge on any atom is -0.454 e. The fourth-order valence-electron chi connectivity index (χ4n) is 4.05. The lowest BCUT2D eigenvalue weighted by molar-refractivity contribution is -0.481. The van der Waals surface area contributed by atoms with Gasteiger partial charge in [-0.05, 0) is 29.3 Å². The van der Waals surface area contributed by atoms with Gasteiger partial charge >= 0.3 is 0 Å². The second-order valence-corrected chi connectivity index (χ2v) is 7.49. The molecule has 140 valence electrons. The van der Waals surface area contributed by atoms with Gasteiger partial charge in [0.15, 0.2) is 11.5 Å². The number of fused-ring (bicyclic) bond motifs is 2. The number of hydrogen-bond acceptors (Lipinski definition) is 5. The second-order valence-electron chi connectivity index (χ2n) is 7.49. The monoisotopic (exact) mass is 366 g/mol. The molecule has 0 aromatic heterocycles. The predicted molar refractivity (Wildman–Crippen MR) is 103 cm³/mol. The Bertz CT molecular complexity index is 936. The lowest BCUT2D eigenvalue weighted by Crippen LogP contribution is -2.25. The molecule has 6 nitrogen and oxygen atoms in total. The topological polar surface area (TPSA) is 64.8 Å². The Morgan fingerprint density at radius 2 is 1.96 bits per heavy atom. The van der Waals surface area contributed by atoms with E-state index in [1.165, 1.54) is 5.56 Å². The van der Waals surface area contributed by atoms with Crippen molar-refractivity contribution in [1.82, 2.24) is 0 Å². The van der Waals surface area contributed by atoms with Gasteiger partial charge in [0.25, 0.3) is 0 Å². The molecule has 2 aliphatic rings. The van der Waals surface area contributed by atoms with Crippen LogP contribution in [0.2, 0.25) is 0 Å². The lowest BCUT2D eigenvalue weighted by atomic mass is 9.82. The van der Waals surface area contributed by atoms with E-state index in [0.717, 1.165) is 16.9 Å². The molecule has 0 amide bonds. The zero-order valence-electron chi connectivity index (χ0n) is 15.6. The minimum atomic E-state index is -0.361. The molecule has 2 heterocycles. The van der Waals surface area contributed by atoms with Crippen molar-refractivity contribution in [2.24, 2.45) is 0 Å². The van der Waals surface area contributed by atoms with Crippen LogP contribution in [-0.2, 0) is 5.41 Å². The van der Waals surface area contributed by atoms with Crippen LogP contribution in [0.5, 0.6) is 11.5 Å². The highest BCUT2D eigenvalue weighted by atomic mass is 16.7. The molecule has 27 heavy (non-hydrogen) atoms. The highest BCUT2D eigenvalue weighted by molar-refractivity contribution is 5.70. The lowest BCUT2D eigenvalue weighted by Gasteiger charge is -2.26. The summed E-state index contributed by atoms with van der Waals surface area (Å²) in [5, 5.41) is 11.4. The summed E-state index contributed by atoms with van der Waals surface area (Å²) in [5.74, 6) is 0.957. The number of nitrogens with zero attached hydrogens (tertiary/aromatic N) is 2. The van der Waals surface area contributed by atoms with Crippen molar-refractivity contribution in [3.8, 4) is 11.5 Å². The SMILES string of the molecule is CN1/C(=C/[C@@H](C[N+](=O)[O-])c2ccc3c(c2)OCO3)C(C)(C)c2ccccc21. The second kappa shape index (κ2) is 6.30. The summed E-state index contributed by atoms with van der Waals surface area (Å²) in [6.07, 6.45) is 2.03. The molecule has 2 aliphatic heterocycles. The van der Waals surface area contributed by atoms with Crippen molar-refractivity contribution in [1.29, 1.82) is 0 Å². The molecule has 1 atom stereocenters. The third-order valence-electron chi connectivity index (χ3n) is 5.47. The van der Waals surface area contributed by atoms with E-state index in [0.29, 0.717) is 11.5 Å². The van der Waals surface area contributed by atoms with E-state index < -0.39 is 0 Å². The maximum atomic E-state index is 11.4. The summed E-state index contributed by atoms with van der Waals surface area (Å²) < 4.78 is 10.8. The van der Waals surface area contributed by atoms with Crippen LogP contribution in [0.25, 0.3) is 0 Å². The smallest absolute Gasteiger partial charge is 0.231 e. The van der Waals surface area contributed by atoms with Crippen LogP contribution in [0.1, 0.15) is 30.9 Å². The summed E-state index contributed by atoms with van der Waals surface area (Å²) >= 11 is 0. The van der Waals surface area contributed by atoms with E-state index in [4.69, 9.17) is 9.47 Å². The molecule has 0 saturated carbocycles. The molecular formula is C21H22N2O4. The molecule has 2 aromatic carbocycles. The third kappa shape index (κ3) is 2.91. The van der Waals surface area contributed by atoms with Crippen molar-refractivity contribution in [3.63, 3.8) is 0 Å². The van der Waals surface area contributed by atoms with E-state index >= 15 is 0 Å². The number of nitro groups is 1. The van der Waals surface area contributed by atoms with Gasteiger partial charge in [0.2, 0.25) is 13.3 Å². The van der Waals surface area contributed by atoms with Crippen molar-refractivity contribution in [2.45, 2.75) is 25.2 Å². The molecule has 0 unspecified atom stereocenters. The fraction of sp³-hybridized carbons (Fsp3) is 0.333. The first-order valence-electron chi connectivity index (χ1n) is 8.95. The number of allylic oxidation sites excluding steroid dienone is 1. The number of rotatable bonds is 4. The normalized spacial score (nSPS) is 19.2. The van der Waals surface area contributed by atoms with Gasteiger partial charge in [-0.2, -0.15) is 0 Å². The van der Waals surface area contributed by atoms with Crippen LogP contribution in [0.15, 0.2) is 54.2 Å². The van der Waals surface area contributed by atoms with Gasteiger partial charge < -0.3 is 14.4 Å². The molecule has 0 fully saturated rings. The number of ether oxygens (including phenoxy) is 2. The molecule has 0 radical (unpaired) electrons. The number of benzene rings is 2. The standard InChI is InChI=1S/C21H22N2O4/c1-21(2)16-6-4-5-7-17(16)22(3)20(21)11-15(12-23(24)25)14-8-9-18-19(10-14)27-13-26-18/h4-11,15H,12-13H2,1-3H3/b20-11+/t15-/m0/s1. The van der Waals surface area contributed by atoms with Crippen LogP contribution in [0.3, 0.4) is 0 Å². The Morgan fingerprint density at radius 3 is 2.70 bits per heavy atom. The largest absolute Gasteiger partial charge is 0.454 e. The predicted octanol–water partition coefficient (Wildman–Crippen LogP) is 4.09. The quantitative estimate of drug-likeness (QED) is 0.602. The van der Waals surface area contributed by atoms with Crippen molar-refractivity contribution >= 4 is 5.69 Å². The molecule has 4 rings (SSSR count). The van der Waals surface area contributed by atoms with Gasteiger partial charge in [0, 0.05) is 28.8 Å². The van der Waals surface area contributed by atoms with Crippen molar-refractivity contribution in [3.05, 3.63) is 75.5 Å². The first kappa shape index (κ1) is 17.4. The summed E-state index contributed by atoms with van der Waals surface area (Å²) in [6.45, 7) is 4.32. The Labute approximate surface area is 158 Å². The average molecular weight is 366 g/mol. The minimum absolute atomic E-state index is 0.177. The van der Waals surface area contributed by atoms with Gasteiger partial charge in [0.1, 0.15) is 0 Å². The summed E-state index contributed by atoms with van der Waals surface area (Å²) in [5.41, 5.74) is 4.05. The Kier molecular flexibility index (Phi) is 4.06. The van der Waals surface area contributed by atoms with Crippen LogP contribution in [-0.4, -0.2) is 25.3 Å². The number of anilines is 1. The van der Waals surface area contributed by atoms with Gasteiger partial charge in [0.05, 0.1) is 5.92 Å². The van der Waals surface area contributed by atoms with Gasteiger partial charge in [-0.3, -0.25) is 10.1 Å². The van der Waals surface area contributed by atoms with Crippen LogP contribution in [0, 0.1) is 10.1 Å². The molecule has 6 heteroatoms. The molecular weight excluding hydrogens is 344 g/mol. The van der Waals surface area contributed by atoms with Crippen LogP contribution in [0.4, 0.5) is 5.69 Å². The zero-order valence-corrected chi connectivity index (χ0v) is 15.6. The van der Waals surface area contributed by atoms with Crippen molar-refractivity contribution in [2.75, 3.05) is 25.3 Å². The average Bonchev–Trinajstić information content (AvgIpc) is 3.18. The molecule has 0 bridgehead atoms. The van der Waals surface area contributed by atoms with E-state index in [2.05, 4.69) is 30.9 Å². The molecule has 0 saturated heterocycles. The number of para-hydroxylation sites is 1. The zero-order chi connectivity index (χ0) is 19.2. The highest BCUT2D eigenvalue weighted by Crippen LogP contribution is 2.47. The Balaban J connectivity index is 1.77. The summed E-state index contributed by atoms with van der Waals surface area (Å²) in [4.78, 5) is 13.2. The molecule has 0 spiro atoms. The summed E-state index contributed by atoms with van der Waals surface area (Å²) in [6, 6.07) is 13.8. The van der Waals surface area contributed by atoms with Crippen LogP contribution >= 0.6 is 0 Å². The fourth-order valence-corrected chi connectivity index (χ4v) is 4.05. The van der Waals surface area contributed by atoms with E-state index in [1.807, 2.05) is 43.5 Å². The molecule has 0 aliphatic carbocycles. The first-order chi connectivity index (χ1) is 12.9. The number of hydrogen-bond donors (Lipinski definition) is 0. The van der Waals surface area contributed by atoms with Gasteiger partial charge in [-0.15, -0.1) is 0 Å². The first-order valence-corrected chi connectivity index (χ1v) is 8.95. The van der Waals surface area contributed by atoms with Gasteiger partial charge in [-0.25, -0.2) is 0 Å². The van der Waals surface area contributed by atoms with E-state index in [9.17, 15) is 10.1 Å². The Hall–Kier alpha value is -3.02. The maximum absolute atomic E-state index is 11.4. The van der Waals surface area contributed by atoms with Crippen LogP contribution < -0.4 is 14.4 Å². The van der Waals surface area contributed by atoms with Gasteiger partial charge in [-0.1, -0.05) is 44.2 Å².